The summed E-state index contributed by atoms with van der Waals surface area (Å²) in [5, 5.41) is -0.0715. The van der Waals surface area contributed by atoms with Crippen molar-refractivity contribution in [1.82, 2.24) is 0 Å². The summed E-state index contributed by atoms with van der Waals surface area (Å²) in [5.41, 5.74) is 0.279. The molecule has 0 saturated carbocycles. The van der Waals surface area contributed by atoms with Gasteiger partial charge in [0.25, 0.3) is 0 Å². The Morgan fingerprint density at radius 1 is 1.57 bits per heavy atom. The smallest absolute Gasteiger partial charge is 0.167 e. The van der Waals surface area contributed by atoms with Gasteiger partial charge in [-0.3, -0.25) is 4.79 Å². The van der Waals surface area contributed by atoms with Gasteiger partial charge < -0.3 is 0 Å². The maximum atomic E-state index is 13.0. The number of halogens is 2. The summed E-state index contributed by atoms with van der Waals surface area (Å²) < 4.78 is 13.0. The number of rotatable bonds is 3. The van der Waals surface area contributed by atoms with Crippen LogP contribution in [0, 0.1) is 11.7 Å². The Morgan fingerprint density at radius 2 is 2.21 bits per heavy atom. The summed E-state index contributed by atoms with van der Waals surface area (Å²) in [6, 6.07) is 4.30. The predicted molar refractivity (Wildman–Crippen MR) is 55.2 cm³/mol. The van der Waals surface area contributed by atoms with Crippen LogP contribution in [0.25, 0.3) is 0 Å². The van der Waals surface area contributed by atoms with Crippen LogP contribution in [0.2, 0.25) is 5.02 Å². The molecule has 14 heavy (non-hydrogen) atoms. The second-order valence-corrected chi connectivity index (χ2v) is 3.65. The molecule has 1 rings (SSSR count). The lowest BCUT2D eigenvalue weighted by atomic mass is 9.97. The highest BCUT2D eigenvalue weighted by Gasteiger charge is 2.17. The molecule has 0 spiro atoms. The highest BCUT2D eigenvalue weighted by Crippen LogP contribution is 2.23. The molecule has 0 aliphatic rings. The molecule has 0 bridgehead atoms. The van der Waals surface area contributed by atoms with E-state index in [0.717, 1.165) is 6.42 Å². The summed E-state index contributed by atoms with van der Waals surface area (Å²) >= 11 is 5.69. The summed E-state index contributed by atoms with van der Waals surface area (Å²) in [4.78, 5) is 11.7. The summed E-state index contributed by atoms with van der Waals surface area (Å²) in [6.07, 6.45) is 0.728. The fourth-order valence-electron chi connectivity index (χ4n) is 1.14. The first-order valence-electron chi connectivity index (χ1n) is 4.56. The van der Waals surface area contributed by atoms with Gasteiger partial charge in [0.15, 0.2) is 5.78 Å². The number of carbonyl (C=O) groups excluding carboxylic acids is 1. The van der Waals surface area contributed by atoms with E-state index < -0.39 is 5.82 Å². The van der Waals surface area contributed by atoms with Gasteiger partial charge in [-0.05, 0) is 18.6 Å². The fourth-order valence-corrected chi connectivity index (χ4v) is 1.36. The lowest BCUT2D eigenvalue weighted by Crippen LogP contribution is -2.11. The highest BCUT2D eigenvalue weighted by molar-refractivity contribution is 6.34. The maximum Gasteiger partial charge on any atom is 0.167 e. The van der Waals surface area contributed by atoms with Crippen LogP contribution in [0.4, 0.5) is 4.39 Å². The third-order valence-electron chi connectivity index (χ3n) is 2.28. The minimum Gasteiger partial charge on any atom is -0.294 e. The predicted octanol–water partition coefficient (Wildman–Crippen LogP) is 3.71. The van der Waals surface area contributed by atoms with Crippen LogP contribution in [0.1, 0.15) is 30.6 Å². The number of carbonyl (C=O) groups is 1. The van der Waals surface area contributed by atoms with Gasteiger partial charge >= 0.3 is 0 Å². The fraction of sp³-hybridized carbons (Fsp3) is 0.364. The second kappa shape index (κ2) is 4.56. The van der Waals surface area contributed by atoms with E-state index >= 15 is 0 Å². The van der Waals surface area contributed by atoms with Crippen molar-refractivity contribution in [2.24, 2.45) is 5.92 Å². The second-order valence-electron chi connectivity index (χ2n) is 3.27. The van der Waals surface area contributed by atoms with Crippen LogP contribution in [0.15, 0.2) is 18.2 Å². The molecule has 0 saturated heterocycles. The lowest BCUT2D eigenvalue weighted by molar-refractivity contribution is 0.0927. The van der Waals surface area contributed by atoms with Crippen molar-refractivity contribution in [3.8, 4) is 0 Å². The largest absolute Gasteiger partial charge is 0.294 e. The molecule has 76 valence electrons. The van der Waals surface area contributed by atoms with Gasteiger partial charge in [-0.2, -0.15) is 0 Å². The molecule has 0 aliphatic heterocycles. The molecule has 1 atom stereocenters. The van der Waals surface area contributed by atoms with Gasteiger partial charge in [0.05, 0.1) is 5.02 Å². The zero-order chi connectivity index (χ0) is 10.7. The topological polar surface area (TPSA) is 17.1 Å². The van der Waals surface area contributed by atoms with E-state index in [4.69, 9.17) is 11.6 Å². The SMILES string of the molecule is CCC(C)C(=O)c1cccc(F)c1Cl. The quantitative estimate of drug-likeness (QED) is 0.701. The van der Waals surface area contributed by atoms with E-state index in [9.17, 15) is 9.18 Å². The third kappa shape index (κ3) is 2.13. The van der Waals surface area contributed by atoms with E-state index in [2.05, 4.69) is 0 Å². The average molecular weight is 215 g/mol. The zero-order valence-corrected chi connectivity index (χ0v) is 8.94. The van der Waals surface area contributed by atoms with Crippen LogP contribution >= 0.6 is 11.6 Å². The van der Waals surface area contributed by atoms with Gasteiger partial charge in [-0.25, -0.2) is 4.39 Å². The molecule has 0 aliphatic carbocycles. The molecular formula is C11H12ClFO. The Balaban J connectivity index is 3.07. The number of benzene rings is 1. The average Bonchev–Trinajstić information content (AvgIpc) is 2.20. The molecule has 0 heterocycles. The Hall–Kier alpha value is -0.890. The van der Waals surface area contributed by atoms with Crippen LogP contribution in [0.3, 0.4) is 0 Å². The van der Waals surface area contributed by atoms with Gasteiger partial charge in [0, 0.05) is 11.5 Å². The number of hydrogen-bond donors (Lipinski definition) is 0. The minimum atomic E-state index is -0.541. The molecule has 1 nitrogen and oxygen atoms in total. The van der Waals surface area contributed by atoms with Crippen molar-refractivity contribution in [2.75, 3.05) is 0 Å². The number of ketones is 1. The molecule has 0 aromatic heterocycles. The lowest BCUT2D eigenvalue weighted by Gasteiger charge is -2.08. The summed E-state index contributed by atoms with van der Waals surface area (Å²) in [6.45, 7) is 3.72. The highest BCUT2D eigenvalue weighted by atomic mass is 35.5. The molecule has 1 aromatic carbocycles. The van der Waals surface area contributed by atoms with Crippen molar-refractivity contribution < 1.29 is 9.18 Å². The Labute approximate surface area is 87.9 Å². The first-order chi connectivity index (χ1) is 6.57. The molecule has 3 heteroatoms. The van der Waals surface area contributed by atoms with E-state index in [1.165, 1.54) is 12.1 Å². The monoisotopic (exact) mass is 214 g/mol. The third-order valence-corrected chi connectivity index (χ3v) is 2.66. The van der Waals surface area contributed by atoms with Crippen LogP contribution in [-0.2, 0) is 0 Å². The van der Waals surface area contributed by atoms with Gasteiger partial charge in [-0.1, -0.05) is 31.5 Å². The summed E-state index contributed by atoms with van der Waals surface area (Å²) in [7, 11) is 0. The summed E-state index contributed by atoms with van der Waals surface area (Å²) in [5.74, 6) is -0.757. The molecular weight excluding hydrogens is 203 g/mol. The van der Waals surface area contributed by atoms with Crippen LogP contribution in [-0.4, -0.2) is 5.78 Å². The van der Waals surface area contributed by atoms with Crippen LogP contribution in [0.5, 0.6) is 0 Å². The zero-order valence-electron chi connectivity index (χ0n) is 8.18. The van der Waals surface area contributed by atoms with Crippen molar-refractivity contribution in [2.45, 2.75) is 20.3 Å². The van der Waals surface area contributed by atoms with E-state index in [1.54, 1.807) is 6.07 Å². The van der Waals surface area contributed by atoms with Crippen molar-refractivity contribution >= 4 is 17.4 Å². The normalized spacial score (nSPS) is 12.6. The molecule has 0 amide bonds. The van der Waals surface area contributed by atoms with E-state index in [-0.39, 0.29) is 22.3 Å². The van der Waals surface area contributed by atoms with Crippen molar-refractivity contribution in [3.05, 3.63) is 34.6 Å². The first kappa shape index (κ1) is 11.2. The Bertz CT molecular complexity index is 349. The Kier molecular flexibility index (Phi) is 3.64. The van der Waals surface area contributed by atoms with Gasteiger partial charge in [-0.15, -0.1) is 0 Å². The Morgan fingerprint density at radius 3 is 2.79 bits per heavy atom. The van der Waals surface area contributed by atoms with E-state index in [0.29, 0.717) is 0 Å². The molecule has 1 aromatic rings. The molecule has 1 unspecified atom stereocenters. The molecule has 0 fully saturated rings. The van der Waals surface area contributed by atoms with Gasteiger partial charge in [0.1, 0.15) is 5.82 Å². The first-order valence-corrected chi connectivity index (χ1v) is 4.94. The maximum absolute atomic E-state index is 13.0. The van der Waals surface area contributed by atoms with Gasteiger partial charge in [0.2, 0.25) is 0 Å². The molecule has 0 N–H and O–H groups in total. The minimum absolute atomic E-state index is 0.0715. The van der Waals surface area contributed by atoms with Crippen molar-refractivity contribution in [1.29, 1.82) is 0 Å². The van der Waals surface area contributed by atoms with Crippen molar-refractivity contribution in [3.63, 3.8) is 0 Å². The standard InChI is InChI=1S/C11H12ClFO/c1-3-7(2)11(14)8-5-4-6-9(13)10(8)12/h4-7H,3H2,1-2H3. The molecule has 0 radical (unpaired) electrons. The van der Waals surface area contributed by atoms with E-state index in [1.807, 2.05) is 13.8 Å². The van der Waals surface area contributed by atoms with Crippen LogP contribution < -0.4 is 0 Å². The number of hydrogen-bond acceptors (Lipinski definition) is 1. The number of Topliss-reactive ketones (excluding diaryl/α,β-unsaturated/α-hetero) is 1.